The number of rotatable bonds is 17. The molecule has 0 aromatic carbocycles. The van der Waals surface area contributed by atoms with Gasteiger partial charge in [0, 0.05) is 6.42 Å². The summed E-state index contributed by atoms with van der Waals surface area (Å²) in [6, 6.07) is -1.46. The molecule has 0 bridgehead atoms. The Kier molecular flexibility index (Phi) is 19.9. The summed E-state index contributed by atoms with van der Waals surface area (Å²) in [5.74, 6) is -2.47. The summed E-state index contributed by atoms with van der Waals surface area (Å²) in [5.41, 5.74) is 0. The molecular weight excluding hydrogens is 357 g/mol. The van der Waals surface area contributed by atoms with Crippen molar-refractivity contribution in [3.05, 3.63) is 0 Å². The van der Waals surface area contributed by atoms with E-state index in [1.165, 1.54) is 44.9 Å². The first-order valence-electron chi connectivity index (χ1n) is 10.0. The molecule has 152 valence electrons. The van der Waals surface area contributed by atoms with Crippen LogP contribution in [0.25, 0.3) is 0 Å². The minimum atomic E-state index is -1.56. The molecule has 2 N–H and O–H groups in total. The van der Waals surface area contributed by atoms with Gasteiger partial charge in [0.2, 0.25) is 5.91 Å². The third kappa shape index (κ3) is 20.0. The summed E-state index contributed by atoms with van der Waals surface area (Å²) < 4.78 is 0. The summed E-state index contributed by atoms with van der Waals surface area (Å²) in [6.45, 7) is 4.53. The molecule has 0 heterocycles. The van der Waals surface area contributed by atoms with E-state index in [1.807, 2.05) is 0 Å². The predicted molar refractivity (Wildman–Crippen MR) is 99.4 cm³/mol. The summed E-state index contributed by atoms with van der Waals surface area (Å²) in [4.78, 5) is 33.0. The van der Waals surface area contributed by atoms with Crippen molar-refractivity contribution in [3.63, 3.8) is 0 Å². The topological polar surface area (TPSA) is 107 Å². The largest absolute Gasteiger partial charge is 1.00 e. The number of amides is 1. The van der Waals surface area contributed by atoms with Crippen LogP contribution in [-0.2, 0) is 14.4 Å². The first-order chi connectivity index (χ1) is 12.3. The monoisotopic (exact) mass is 393 g/mol. The Bertz CT molecular complexity index is 415. The Morgan fingerprint density at radius 3 is 1.70 bits per heavy atom. The second-order valence-electron chi connectivity index (χ2n) is 7.51. The van der Waals surface area contributed by atoms with Crippen LogP contribution >= 0.6 is 0 Å². The quantitative estimate of drug-likeness (QED) is 0.268. The third-order valence-corrected chi connectivity index (χ3v) is 4.43. The summed E-state index contributed by atoms with van der Waals surface area (Å²) in [6.07, 6.45) is 12.5. The fraction of sp³-hybridized carbons (Fsp3) is 0.850. The molecule has 0 aromatic heterocycles. The van der Waals surface area contributed by atoms with Crippen LogP contribution in [-0.4, -0.2) is 29.0 Å². The van der Waals surface area contributed by atoms with Crippen LogP contribution in [0.15, 0.2) is 0 Å². The number of carbonyl (C=O) groups excluding carboxylic acids is 2. The van der Waals surface area contributed by atoms with Crippen LogP contribution in [0.4, 0.5) is 0 Å². The number of aliphatic carboxylic acids is 2. The zero-order valence-electron chi connectivity index (χ0n) is 17.4. The second kappa shape index (κ2) is 18.8. The Morgan fingerprint density at radius 2 is 1.30 bits per heavy atom. The van der Waals surface area contributed by atoms with Gasteiger partial charge in [-0.3, -0.25) is 9.59 Å². The normalized spacial score (nSPS) is 11.7. The van der Waals surface area contributed by atoms with E-state index < -0.39 is 30.3 Å². The van der Waals surface area contributed by atoms with E-state index >= 15 is 0 Å². The van der Waals surface area contributed by atoms with Crippen molar-refractivity contribution in [2.24, 2.45) is 5.92 Å². The minimum absolute atomic E-state index is 0. The smallest absolute Gasteiger partial charge is 0.548 e. The molecule has 7 heteroatoms. The Labute approximate surface area is 186 Å². The van der Waals surface area contributed by atoms with Crippen LogP contribution in [0.3, 0.4) is 0 Å². The van der Waals surface area contributed by atoms with Gasteiger partial charge in [0.05, 0.1) is 18.4 Å². The molecule has 0 saturated carbocycles. The summed E-state index contributed by atoms with van der Waals surface area (Å²) in [7, 11) is 0. The van der Waals surface area contributed by atoms with E-state index in [4.69, 9.17) is 5.11 Å². The van der Waals surface area contributed by atoms with Crippen molar-refractivity contribution in [1.82, 2.24) is 5.32 Å². The molecule has 1 amide bonds. The van der Waals surface area contributed by atoms with Gasteiger partial charge in [0.25, 0.3) is 0 Å². The number of nitrogens with one attached hydrogen (secondary N) is 1. The molecule has 0 saturated heterocycles. The van der Waals surface area contributed by atoms with E-state index in [0.29, 0.717) is 6.42 Å². The van der Waals surface area contributed by atoms with Gasteiger partial charge in [0.15, 0.2) is 0 Å². The molecule has 0 aliphatic rings. The van der Waals surface area contributed by atoms with Gasteiger partial charge < -0.3 is 20.3 Å². The van der Waals surface area contributed by atoms with Crippen LogP contribution in [0.2, 0.25) is 0 Å². The van der Waals surface area contributed by atoms with Gasteiger partial charge in [-0.1, -0.05) is 78.1 Å². The second-order valence-corrected chi connectivity index (χ2v) is 7.51. The first-order valence-corrected chi connectivity index (χ1v) is 10.0. The molecule has 0 rings (SSSR count). The number of hydrogen-bond donors (Lipinski definition) is 2. The molecule has 27 heavy (non-hydrogen) atoms. The van der Waals surface area contributed by atoms with Gasteiger partial charge in [-0.25, -0.2) is 0 Å². The standard InChI is InChI=1S/C20H37NO5.Na/c1-16(2)13-11-9-7-5-3-4-6-8-10-12-14-18(22)21-17(20(25)26)15-19(23)24;/h16-17H,3-15H2,1-2H3,(H,21,22)(H,23,24)(H,25,26);/q;+1/p-1/t17-;/m0./s1. The Morgan fingerprint density at radius 1 is 0.852 bits per heavy atom. The molecule has 0 aliphatic heterocycles. The average Bonchev–Trinajstić information content (AvgIpc) is 2.54. The van der Waals surface area contributed by atoms with E-state index in [0.717, 1.165) is 25.2 Å². The maximum Gasteiger partial charge on any atom is 1.00 e. The summed E-state index contributed by atoms with van der Waals surface area (Å²) in [5, 5.41) is 21.6. The molecule has 0 radical (unpaired) electrons. The van der Waals surface area contributed by atoms with E-state index in [9.17, 15) is 19.5 Å². The van der Waals surface area contributed by atoms with Crippen molar-refractivity contribution in [2.45, 2.75) is 103 Å². The van der Waals surface area contributed by atoms with E-state index in [1.54, 1.807) is 0 Å². The molecule has 0 aliphatic carbocycles. The molecule has 6 nitrogen and oxygen atoms in total. The van der Waals surface area contributed by atoms with Crippen LogP contribution in [0.5, 0.6) is 0 Å². The number of carbonyl (C=O) groups is 3. The van der Waals surface area contributed by atoms with Crippen molar-refractivity contribution in [1.29, 1.82) is 0 Å². The number of carboxylic acid groups (broad SMARTS) is 2. The number of carboxylic acids is 2. The molecule has 0 spiro atoms. The zero-order chi connectivity index (χ0) is 19.8. The maximum absolute atomic E-state index is 11.6. The van der Waals surface area contributed by atoms with Gasteiger partial charge >= 0.3 is 35.5 Å². The molecule has 0 fully saturated rings. The molecule has 1 atom stereocenters. The van der Waals surface area contributed by atoms with Crippen LogP contribution in [0, 0.1) is 5.92 Å². The van der Waals surface area contributed by atoms with Crippen molar-refractivity contribution >= 4 is 17.8 Å². The zero-order valence-corrected chi connectivity index (χ0v) is 19.4. The SMILES string of the molecule is CC(C)CCCCCCCCCCCCC(=O)N[C@@H](CC(=O)O)C(=O)[O-].[Na+]. The van der Waals surface area contributed by atoms with Crippen molar-refractivity contribution < 1.29 is 54.2 Å². The fourth-order valence-electron chi connectivity index (χ4n) is 2.89. The van der Waals surface area contributed by atoms with Crippen molar-refractivity contribution in [3.8, 4) is 0 Å². The number of hydrogen-bond acceptors (Lipinski definition) is 4. The summed E-state index contributed by atoms with van der Waals surface area (Å²) >= 11 is 0. The predicted octanol–water partition coefficient (Wildman–Crippen LogP) is 0.0370. The van der Waals surface area contributed by atoms with Gasteiger partial charge in [-0.05, 0) is 12.3 Å². The van der Waals surface area contributed by atoms with Crippen molar-refractivity contribution in [2.75, 3.05) is 0 Å². The number of unbranched alkanes of at least 4 members (excludes halogenated alkanes) is 9. The van der Waals surface area contributed by atoms with Crippen LogP contribution < -0.4 is 40.0 Å². The van der Waals surface area contributed by atoms with Crippen LogP contribution in [0.1, 0.15) is 97.3 Å². The molecule has 0 aromatic rings. The maximum atomic E-state index is 11.6. The van der Waals surface area contributed by atoms with E-state index in [2.05, 4.69) is 19.2 Å². The average molecular weight is 394 g/mol. The molecular formula is C20H36NNaO5. The fourth-order valence-corrected chi connectivity index (χ4v) is 2.89. The van der Waals surface area contributed by atoms with Gasteiger partial charge in [-0.15, -0.1) is 0 Å². The van der Waals surface area contributed by atoms with E-state index in [-0.39, 0.29) is 36.0 Å². The Balaban J connectivity index is 0. The first kappa shape index (κ1) is 28.6. The minimum Gasteiger partial charge on any atom is -0.548 e. The van der Waals surface area contributed by atoms with Gasteiger partial charge in [0.1, 0.15) is 0 Å². The third-order valence-electron chi connectivity index (χ3n) is 4.43. The molecule has 0 unspecified atom stereocenters. The van der Waals surface area contributed by atoms with Gasteiger partial charge in [-0.2, -0.15) is 0 Å². The Hall–Kier alpha value is -0.590.